The van der Waals surface area contributed by atoms with Crippen LogP contribution in [0.25, 0.3) is 11.3 Å². The van der Waals surface area contributed by atoms with Crippen LogP contribution in [-0.2, 0) is 0 Å². The van der Waals surface area contributed by atoms with Gasteiger partial charge < -0.3 is 4.74 Å². The Morgan fingerprint density at radius 1 is 1.33 bits per heavy atom. The average molecular weight is 261 g/mol. The van der Waals surface area contributed by atoms with Crippen molar-refractivity contribution in [2.45, 2.75) is 33.1 Å². The summed E-state index contributed by atoms with van der Waals surface area (Å²) in [6.45, 7) is 7.15. The van der Waals surface area contributed by atoms with Crippen molar-refractivity contribution in [2.24, 2.45) is 0 Å². The number of hydrogen-bond donors (Lipinski definition) is 0. The van der Waals surface area contributed by atoms with Crippen molar-refractivity contribution in [3.05, 3.63) is 34.7 Å². The molecule has 0 aliphatic carbocycles. The Morgan fingerprint density at radius 2 is 2.17 bits per heavy atom. The molecule has 1 atom stereocenters. The van der Waals surface area contributed by atoms with Gasteiger partial charge in [-0.25, -0.2) is 4.98 Å². The van der Waals surface area contributed by atoms with E-state index in [-0.39, 0.29) is 0 Å². The van der Waals surface area contributed by atoms with Gasteiger partial charge in [-0.1, -0.05) is 19.9 Å². The third kappa shape index (κ3) is 2.72. The molecule has 96 valence electrons. The molecule has 0 aliphatic heterocycles. The third-order valence-electron chi connectivity index (χ3n) is 3.19. The fourth-order valence-electron chi connectivity index (χ4n) is 1.92. The molecule has 0 amide bonds. The molecule has 3 heteroatoms. The lowest BCUT2D eigenvalue weighted by molar-refractivity contribution is 0.341. The van der Waals surface area contributed by atoms with Crippen molar-refractivity contribution in [2.75, 3.05) is 6.61 Å². The van der Waals surface area contributed by atoms with E-state index in [0.29, 0.717) is 12.5 Å². The molecule has 1 unspecified atom stereocenters. The Morgan fingerprint density at radius 3 is 2.78 bits per heavy atom. The second-order valence-corrected chi connectivity index (χ2v) is 5.09. The highest BCUT2D eigenvalue weighted by atomic mass is 32.1. The van der Waals surface area contributed by atoms with Gasteiger partial charge in [0, 0.05) is 10.9 Å². The average Bonchev–Trinajstić information content (AvgIpc) is 2.92. The van der Waals surface area contributed by atoms with E-state index in [4.69, 9.17) is 4.74 Å². The molecule has 18 heavy (non-hydrogen) atoms. The molecule has 2 nitrogen and oxygen atoms in total. The first kappa shape index (κ1) is 13.1. The van der Waals surface area contributed by atoms with Crippen molar-refractivity contribution >= 4 is 11.3 Å². The van der Waals surface area contributed by atoms with E-state index in [2.05, 4.69) is 42.4 Å². The summed E-state index contributed by atoms with van der Waals surface area (Å²) in [4.78, 5) is 4.39. The number of rotatable bonds is 5. The molecule has 0 saturated heterocycles. The molecule has 2 aromatic rings. The summed E-state index contributed by atoms with van der Waals surface area (Å²) in [5.41, 5.74) is 5.33. The molecule has 0 radical (unpaired) electrons. The van der Waals surface area contributed by atoms with Crippen molar-refractivity contribution in [1.82, 2.24) is 4.98 Å². The van der Waals surface area contributed by atoms with Gasteiger partial charge in [-0.2, -0.15) is 0 Å². The highest BCUT2D eigenvalue weighted by Crippen LogP contribution is 2.33. The molecule has 0 saturated carbocycles. The van der Waals surface area contributed by atoms with Gasteiger partial charge in [0.25, 0.3) is 0 Å². The molecule has 2 rings (SSSR count). The predicted molar refractivity (Wildman–Crippen MR) is 77.4 cm³/mol. The Hall–Kier alpha value is -1.35. The maximum atomic E-state index is 5.69. The number of hydrogen-bond acceptors (Lipinski definition) is 3. The van der Waals surface area contributed by atoms with Crippen LogP contribution in [0.15, 0.2) is 29.1 Å². The monoisotopic (exact) mass is 261 g/mol. The molecule has 0 fully saturated rings. The quantitative estimate of drug-likeness (QED) is 0.776. The van der Waals surface area contributed by atoms with E-state index in [0.717, 1.165) is 23.4 Å². The molecule has 1 heterocycles. The third-order valence-corrected chi connectivity index (χ3v) is 3.78. The highest BCUT2D eigenvalue weighted by molar-refractivity contribution is 7.07. The zero-order chi connectivity index (χ0) is 13.0. The zero-order valence-corrected chi connectivity index (χ0v) is 12.0. The summed E-state index contributed by atoms with van der Waals surface area (Å²) in [5.74, 6) is 1.49. The number of aromatic nitrogens is 1. The number of thiazole rings is 1. The zero-order valence-electron chi connectivity index (χ0n) is 11.1. The molecule has 0 aliphatic rings. The first-order valence-corrected chi connectivity index (χ1v) is 7.35. The van der Waals surface area contributed by atoms with Crippen LogP contribution in [-0.4, -0.2) is 11.6 Å². The first-order valence-electron chi connectivity index (χ1n) is 6.41. The molecular weight excluding hydrogens is 242 g/mol. The summed E-state index contributed by atoms with van der Waals surface area (Å²) >= 11 is 1.61. The number of benzene rings is 1. The SMILES string of the molecule is CCOc1ccc(C(C)CC)cc1-c1cscn1. The second kappa shape index (κ2) is 6.01. The van der Waals surface area contributed by atoms with Crippen LogP contribution in [0.5, 0.6) is 5.75 Å². The van der Waals surface area contributed by atoms with Gasteiger partial charge in [0.15, 0.2) is 0 Å². The topological polar surface area (TPSA) is 22.1 Å². The van der Waals surface area contributed by atoms with Gasteiger partial charge >= 0.3 is 0 Å². The van der Waals surface area contributed by atoms with Gasteiger partial charge in [0.05, 0.1) is 17.8 Å². The number of nitrogens with zero attached hydrogens (tertiary/aromatic N) is 1. The standard InChI is InChI=1S/C15H19NOS/c1-4-11(3)12-6-7-15(17-5-2)13(8-12)14-9-18-10-16-14/h6-11H,4-5H2,1-3H3. The van der Waals surface area contributed by atoms with E-state index in [1.807, 2.05) is 12.4 Å². The maximum Gasteiger partial charge on any atom is 0.128 e. The van der Waals surface area contributed by atoms with Gasteiger partial charge in [-0.05, 0) is 37.0 Å². The van der Waals surface area contributed by atoms with Crippen molar-refractivity contribution in [3.63, 3.8) is 0 Å². The van der Waals surface area contributed by atoms with E-state index < -0.39 is 0 Å². The second-order valence-electron chi connectivity index (χ2n) is 4.37. The van der Waals surface area contributed by atoms with E-state index >= 15 is 0 Å². The lowest BCUT2D eigenvalue weighted by Gasteiger charge is -2.14. The lowest BCUT2D eigenvalue weighted by Crippen LogP contribution is -1.97. The predicted octanol–water partition coefficient (Wildman–Crippen LogP) is 4.72. The normalized spacial score (nSPS) is 12.4. The fourth-order valence-corrected chi connectivity index (χ4v) is 2.47. The molecule has 0 bridgehead atoms. The van der Waals surface area contributed by atoms with E-state index in [1.54, 1.807) is 11.3 Å². The number of ether oxygens (including phenoxy) is 1. The van der Waals surface area contributed by atoms with Crippen LogP contribution in [0.2, 0.25) is 0 Å². The van der Waals surface area contributed by atoms with Crippen LogP contribution in [0.4, 0.5) is 0 Å². The maximum absolute atomic E-state index is 5.69. The van der Waals surface area contributed by atoms with E-state index in [1.165, 1.54) is 5.56 Å². The fraction of sp³-hybridized carbons (Fsp3) is 0.400. The van der Waals surface area contributed by atoms with Crippen LogP contribution in [0.1, 0.15) is 38.7 Å². The summed E-state index contributed by atoms with van der Waals surface area (Å²) in [6.07, 6.45) is 1.14. The van der Waals surface area contributed by atoms with Gasteiger partial charge in [-0.15, -0.1) is 11.3 Å². The highest BCUT2D eigenvalue weighted by Gasteiger charge is 2.11. The minimum atomic E-state index is 0.568. The largest absolute Gasteiger partial charge is 0.493 e. The van der Waals surface area contributed by atoms with E-state index in [9.17, 15) is 0 Å². The van der Waals surface area contributed by atoms with Gasteiger partial charge in [0.2, 0.25) is 0 Å². The summed E-state index contributed by atoms with van der Waals surface area (Å²) in [7, 11) is 0. The van der Waals surface area contributed by atoms with Crippen LogP contribution in [0.3, 0.4) is 0 Å². The van der Waals surface area contributed by atoms with Gasteiger partial charge in [0.1, 0.15) is 5.75 Å². The molecule has 0 N–H and O–H groups in total. The van der Waals surface area contributed by atoms with Crippen molar-refractivity contribution in [3.8, 4) is 17.0 Å². The van der Waals surface area contributed by atoms with Gasteiger partial charge in [-0.3, -0.25) is 0 Å². The Labute approximate surface area is 113 Å². The minimum Gasteiger partial charge on any atom is -0.493 e. The van der Waals surface area contributed by atoms with Crippen molar-refractivity contribution < 1.29 is 4.74 Å². The molecule has 1 aromatic carbocycles. The summed E-state index contributed by atoms with van der Waals surface area (Å²) in [5, 5.41) is 2.07. The smallest absolute Gasteiger partial charge is 0.128 e. The minimum absolute atomic E-state index is 0.568. The molecule has 1 aromatic heterocycles. The lowest BCUT2D eigenvalue weighted by atomic mass is 9.96. The Balaban J connectivity index is 2.44. The Bertz CT molecular complexity index is 493. The Kier molecular flexibility index (Phi) is 4.37. The van der Waals surface area contributed by atoms with Crippen LogP contribution < -0.4 is 4.74 Å². The van der Waals surface area contributed by atoms with Crippen LogP contribution in [0, 0.1) is 0 Å². The van der Waals surface area contributed by atoms with Crippen molar-refractivity contribution in [1.29, 1.82) is 0 Å². The summed E-state index contributed by atoms with van der Waals surface area (Å²) < 4.78 is 5.69. The summed E-state index contributed by atoms with van der Waals surface area (Å²) in [6, 6.07) is 6.45. The first-order chi connectivity index (χ1) is 8.76. The molecule has 0 spiro atoms. The molecular formula is C15H19NOS. The van der Waals surface area contributed by atoms with Crippen LogP contribution >= 0.6 is 11.3 Å².